The Morgan fingerprint density at radius 1 is 1.43 bits per heavy atom. The molecule has 1 aromatic carbocycles. The molecule has 0 amide bonds. The van der Waals surface area contributed by atoms with Crippen LogP contribution in [0.1, 0.15) is 11.1 Å². The largest absolute Gasteiger partial charge is 0.392 e. The molecule has 14 heavy (non-hydrogen) atoms. The molecular weight excluding hydrogens is 267 g/mol. The number of rotatable bonds is 4. The van der Waals surface area contributed by atoms with Gasteiger partial charge >= 0.3 is 0 Å². The molecule has 0 saturated heterocycles. The van der Waals surface area contributed by atoms with Gasteiger partial charge in [0.2, 0.25) is 0 Å². The molecule has 0 aromatic heterocycles. The normalized spacial score (nSPS) is 10.2. The lowest BCUT2D eigenvalue weighted by Gasteiger charge is -2.06. The summed E-state index contributed by atoms with van der Waals surface area (Å²) in [6.07, 6.45) is 0.307. The monoisotopic (exact) mass is 276 g/mol. The van der Waals surface area contributed by atoms with Gasteiger partial charge < -0.3 is 5.11 Å². The van der Waals surface area contributed by atoms with Crippen LogP contribution in [0.4, 0.5) is 0 Å². The molecule has 0 heterocycles. The van der Waals surface area contributed by atoms with Crippen LogP contribution in [0.25, 0.3) is 0 Å². The predicted molar refractivity (Wildman–Crippen MR) is 59.9 cm³/mol. The molecule has 1 aromatic rings. The lowest BCUT2D eigenvalue weighted by atomic mass is 10.0. The molecule has 0 aliphatic carbocycles. The molecule has 1 N–H and O–H groups in total. The molecule has 0 radical (unpaired) electrons. The summed E-state index contributed by atoms with van der Waals surface area (Å²) in [6.45, 7) is -0.0674. The Bertz CT molecular complexity index is 339. The Hall–Kier alpha value is -0.380. The molecule has 0 aliphatic rings. The van der Waals surface area contributed by atoms with Crippen LogP contribution in [0.2, 0.25) is 5.02 Å². The summed E-state index contributed by atoms with van der Waals surface area (Å²) < 4.78 is 0. The number of halogens is 2. The Labute approximate surface area is 96.0 Å². The van der Waals surface area contributed by atoms with E-state index < -0.39 is 0 Å². The van der Waals surface area contributed by atoms with Crippen LogP contribution in [-0.4, -0.2) is 16.2 Å². The minimum atomic E-state index is -0.0674. The van der Waals surface area contributed by atoms with Crippen molar-refractivity contribution in [3.05, 3.63) is 34.3 Å². The van der Waals surface area contributed by atoms with Crippen molar-refractivity contribution in [2.75, 3.05) is 5.33 Å². The van der Waals surface area contributed by atoms with E-state index in [1.807, 2.05) is 0 Å². The number of carbonyl (C=O) groups is 1. The van der Waals surface area contributed by atoms with Crippen molar-refractivity contribution >= 4 is 33.3 Å². The van der Waals surface area contributed by atoms with E-state index in [4.69, 9.17) is 16.7 Å². The van der Waals surface area contributed by atoms with Crippen LogP contribution in [0.15, 0.2) is 18.2 Å². The highest BCUT2D eigenvalue weighted by atomic mass is 79.9. The van der Waals surface area contributed by atoms with Gasteiger partial charge in [-0.2, -0.15) is 0 Å². The highest BCUT2D eigenvalue weighted by Crippen LogP contribution is 2.17. The van der Waals surface area contributed by atoms with Gasteiger partial charge in [-0.1, -0.05) is 33.6 Å². The van der Waals surface area contributed by atoms with Crippen molar-refractivity contribution in [1.29, 1.82) is 0 Å². The van der Waals surface area contributed by atoms with Crippen LogP contribution in [-0.2, 0) is 17.8 Å². The predicted octanol–water partition coefficient (Wildman–Crippen LogP) is 2.34. The molecule has 0 aliphatic heterocycles. The first kappa shape index (κ1) is 11.7. The summed E-state index contributed by atoms with van der Waals surface area (Å²) in [5.74, 6) is 0.0713. The fourth-order valence-corrected chi connectivity index (χ4v) is 1.57. The van der Waals surface area contributed by atoms with Gasteiger partial charge in [0.05, 0.1) is 11.9 Å². The first-order chi connectivity index (χ1) is 6.67. The number of aliphatic hydroxyl groups is 1. The average molecular weight is 278 g/mol. The summed E-state index contributed by atoms with van der Waals surface area (Å²) in [6, 6.07) is 5.15. The van der Waals surface area contributed by atoms with E-state index in [1.54, 1.807) is 18.2 Å². The second kappa shape index (κ2) is 5.49. The number of hydrogen-bond donors (Lipinski definition) is 1. The van der Waals surface area contributed by atoms with Crippen LogP contribution < -0.4 is 0 Å². The maximum atomic E-state index is 11.2. The molecule has 76 valence electrons. The van der Waals surface area contributed by atoms with Crippen molar-refractivity contribution in [3.63, 3.8) is 0 Å². The maximum absolute atomic E-state index is 11.2. The fraction of sp³-hybridized carbons (Fsp3) is 0.300. The van der Waals surface area contributed by atoms with E-state index in [9.17, 15) is 4.79 Å². The summed E-state index contributed by atoms with van der Waals surface area (Å²) in [5, 5.41) is 9.94. The van der Waals surface area contributed by atoms with Crippen molar-refractivity contribution in [1.82, 2.24) is 0 Å². The Kier molecular flexibility index (Phi) is 4.58. The van der Waals surface area contributed by atoms with Crippen molar-refractivity contribution < 1.29 is 9.90 Å². The number of carbonyl (C=O) groups excluding carboxylic acids is 1. The number of Topliss-reactive ketones (excluding diaryl/α,β-unsaturated/α-hetero) is 1. The van der Waals surface area contributed by atoms with Gasteiger partial charge in [-0.3, -0.25) is 4.79 Å². The van der Waals surface area contributed by atoms with Gasteiger partial charge in [-0.25, -0.2) is 0 Å². The minimum absolute atomic E-state index is 0.0674. The molecule has 1 rings (SSSR count). The van der Waals surface area contributed by atoms with Crippen LogP contribution >= 0.6 is 27.5 Å². The van der Waals surface area contributed by atoms with Crippen LogP contribution in [0.5, 0.6) is 0 Å². The van der Waals surface area contributed by atoms with Gasteiger partial charge in [0.1, 0.15) is 5.78 Å². The molecular formula is C10H10BrClO2. The summed E-state index contributed by atoms with van der Waals surface area (Å²) >= 11 is 8.89. The average Bonchev–Trinajstić information content (AvgIpc) is 2.18. The first-order valence-corrected chi connectivity index (χ1v) is 5.63. The summed E-state index contributed by atoms with van der Waals surface area (Å²) in [7, 11) is 0. The van der Waals surface area contributed by atoms with Crippen molar-refractivity contribution in [3.8, 4) is 0 Å². The lowest BCUT2D eigenvalue weighted by molar-refractivity contribution is -0.115. The smallest absolute Gasteiger partial charge is 0.147 e. The van der Waals surface area contributed by atoms with Gasteiger partial charge in [0.25, 0.3) is 0 Å². The molecule has 2 nitrogen and oxygen atoms in total. The topological polar surface area (TPSA) is 37.3 Å². The van der Waals surface area contributed by atoms with Crippen LogP contribution in [0, 0.1) is 0 Å². The van der Waals surface area contributed by atoms with Gasteiger partial charge in [0.15, 0.2) is 0 Å². The standard InChI is InChI=1S/C10H10BrClO2/c11-5-10(14)4-8-3-9(12)2-1-7(8)6-13/h1-3,13H,4-6H2. The van der Waals surface area contributed by atoms with Crippen LogP contribution in [0.3, 0.4) is 0 Å². The van der Waals surface area contributed by atoms with E-state index in [2.05, 4.69) is 15.9 Å². The summed E-state index contributed by atoms with van der Waals surface area (Å²) in [5.41, 5.74) is 1.55. The second-order valence-electron chi connectivity index (χ2n) is 2.92. The second-order valence-corrected chi connectivity index (χ2v) is 3.92. The lowest BCUT2D eigenvalue weighted by Crippen LogP contribution is -2.06. The highest BCUT2D eigenvalue weighted by Gasteiger charge is 2.07. The molecule has 0 bridgehead atoms. The Balaban J connectivity index is 2.93. The van der Waals surface area contributed by atoms with E-state index in [0.717, 1.165) is 11.1 Å². The third-order valence-electron chi connectivity index (χ3n) is 1.88. The van der Waals surface area contributed by atoms with Gasteiger partial charge in [0, 0.05) is 11.4 Å². The number of ketones is 1. The minimum Gasteiger partial charge on any atom is -0.392 e. The van der Waals surface area contributed by atoms with Gasteiger partial charge in [-0.05, 0) is 23.3 Å². The van der Waals surface area contributed by atoms with Gasteiger partial charge in [-0.15, -0.1) is 0 Å². The summed E-state index contributed by atoms with van der Waals surface area (Å²) in [4.78, 5) is 11.2. The molecule has 0 fully saturated rings. The number of aliphatic hydroxyl groups excluding tert-OH is 1. The van der Waals surface area contributed by atoms with Crippen molar-refractivity contribution in [2.24, 2.45) is 0 Å². The first-order valence-electron chi connectivity index (χ1n) is 4.13. The van der Waals surface area contributed by atoms with E-state index in [1.165, 1.54) is 0 Å². The van der Waals surface area contributed by atoms with E-state index in [0.29, 0.717) is 16.8 Å². The number of hydrogen-bond acceptors (Lipinski definition) is 2. The third kappa shape index (κ3) is 3.08. The van der Waals surface area contributed by atoms with Crippen molar-refractivity contribution in [2.45, 2.75) is 13.0 Å². The Morgan fingerprint density at radius 2 is 2.14 bits per heavy atom. The molecule has 0 spiro atoms. The molecule has 0 unspecified atom stereocenters. The zero-order valence-electron chi connectivity index (χ0n) is 7.46. The molecule has 4 heteroatoms. The fourth-order valence-electron chi connectivity index (χ4n) is 1.17. The van der Waals surface area contributed by atoms with E-state index in [-0.39, 0.29) is 12.4 Å². The third-order valence-corrected chi connectivity index (χ3v) is 2.74. The number of alkyl halides is 1. The SMILES string of the molecule is O=C(CBr)Cc1cc(Cl)ccc1CO. The highest BCUT2D eigenvalue weighted by molar-refractivity contribution is 9.09. The Morgan fingerprint density at radius 3 is 2.71 bits per heavy atom. The number of benzene rings is 1. The van der Waals surface area contributed by atoms with E-state index >= 15 is 0 Å². The molecule has 0 saturated carbocycles. The zero-order chi connectivity index (χ0) is 10.6. The molecule has 0 atom stereocenters. The zero-order valence-corrected chi connectivity index (χ0v) is 9.81. The quantitative estimate of drug-likeness (QED) is 0.858. The maximum Gasteiger partial charge on any atom is 0.147 e.